The predicted molar refractivity (Wildman–Crippen MR) is 64.5 cm³/mol. The van der Waals surface area contributed by atoms with Crippen molar-refractivity contribution in [3.05, 3.63) is 66.9 Å². The fourth-order valence-corrected chi connectivity index (χ4v) is 1.84. The summed E-state index contributed by atoms with van der Waals surface area (Å²) in [5.41, 5.74) is -1.37. The molecule has 0 saturated carbocycles. The number of aromatic nitrogens is 2. The highest BCUT2D eigenvalue weighted by Gasteiger charge is 2.08. The summed E-state index contributed by atoms with van der Waals surface area (Å²) in [5.74, 6) is -1.55. The molecule has 0 aliphatic carbocycles. The second-order valence-corrected chi connectivity index (χ2v) is 4.37. The van der Waals surface area contributed by atoms with Crippen LogP contribution in [0.15, 0.2) is 38.5 Å². The summed E-state index contributed by atoms with van der Waals surface area (Å²) in [6.07, 6.45) is 0.790. The second-order valence-electron chi connectivity index (χ2n) is 3.58. The van der Waals surface area contributed by atoms with Crippen LogP contribution < -0.4 is 11.2 Å². The quantitative estimate of drug-likeness (QED) is 0.915. The molecule has 1 aromatic carbocycles. The lowest BCUT2D eigenvalue weighted by Gasteiger charge is -2.07. The van der Waals surface area contributed by atoms with Crippen LogP contribution in [-0.4, -0.2) is 9.55 Å². The van der Waals surface area contributed by atoms with Gasteiger partial charge in [-0.05, 0) is 27.6 Å². The first-order valence-corrected chi connectivity index (χ1v) is 5.70. The normalized spacial score (nSPS) is 10.6. The van der Waals surface area contributed by atoms with Crippen LogP contribution in [0, 0.1) is 11.6 Å². The third-order valence-electron chi connectivity index (χ3n) is 2.34. The van der Waals surface area contributed by atoms with Crippen molar-refractivity contribution in [3.8, 4) is 0 Å². The number of nitrogens with zero attached hydrogens (tertiary/aromatic N) is 1. The van der Waals surface area contributed by atoms with Gasteiger partial charge in [0, 0.05) is 0 Å². The van der Waals surface area contributed by atoms with Gasteiger partial charge in [0.05, 0.1) is 17.2 Å². The first-order valence-electron chi connectivity index (χ1n) is 4.91. The third kappa shape index (κ3) is 2.40. The van der Waals surface area contributed by atoms with Gasteiger partial charge in [0.15, 0.2) is 0 Å². The Bertz CT molecular complexity index is 709. The lowest BCUT2D eigenvalue weighted by Crippen LogP contribution is -2.31. The monoisotopic (exact) mass is 316 g/mol. The average Bonchev–Trinajstić information content (AvgIpc) is 2.32. The number of aromatic amines is 1. The van der Waals surface area contributed by atoms with E-state index in [1.807, 2.05) is 4.98 Å². The zero-order chi connectivity index (χ0) is 13.3. The summed E-state index contributed by atoms with van der Waals surface area (Å²) >= 11 is 3.04. The van der Waals surface area contributed by atoms with E-state index in [4.69, 9.17) is 0 Å². The van der Waals surface area contributed by atoms with Gasteiger partial charge in [0.2, 0.25) is 5.82 Å². The van der Waals surface area contributed by atoms with E-state index in [0.29, 0.717) is 5.56 Å². The molecule has 0 unspecified atom stereocenters. The van der Waals surface area contributed by atoms with Crippen molar-refractivity contribution in [2.75, 3.05) is 0 Å². The average molecular weight is 317 g/mol. The van der Waals surface area contributed by atoms with Gasteiger partial charge in [-0.25, -0.2) is 9.18 Å². The van der Waals surface area contributed by atoms with Gasteiger partial charge in [-0.1, -0.05) is 12.1 Å². The standard InChI is InChI=1S/C11H7BrF2N2O2/c12-9-6(2-1-3-7(9)13)4-16-5-8(14)10(17)15-11(16)18/h1-3,5H,4H2,(H,15,17,18). The zero-order valence-electron chi connectivity index (χ0n) is 8.91. The summed E-state index contributed by atoms with van der Waals surface area (Å²) in [7, 11) is 0. The molecule has 0 spiro atoms. The lowest BCUT2D eigenvalue weighted by molar-refractivity contribution is 0.564. The van der Waals surface area contributed by atoms with E-state index < -0.39 is 22.9 Å². The van der Waals surface area contributed by atoms with Gasteiger partial charge in [-0.3, -0.25) is 14.3 Å². The third-order valence-corrected chi connectivity index (χ3v) is 3.23. The minimum Gasteiger partial charge on any atom is -0.293 e. The molecule has 2 aromatic rings. The molecule has 2 rings (SSSR count). The Balaban J connectivity index is 2.47. The van der Waals surface area contributed by atoms with Crippen molar-refractivity contribution in [2.45, 2.75) is 6.54 Å². The Morgan fingerprint density at radius 2 is 1.94 bits per heavy atom. The Labute approximate surface area is 108 Å². The number of benzene rings is 1. The first kappa shape index (κ1) is 12.7. The molecule has 0 bridgehead atoms. The van der Waals surface area contributed by atoms with Gasteiger partial charge in [0.25, 0.3) is 5.56 Å². The first-order chi connectivity index (χ1) is 8.49. The number of H-pyrrole nitrogens is 1. The van der Waals surface area contributed by atoms with Crippen molar-refractivity contribution < 1.29 is 8.78 Å². The summed E-state index contributed by atoms with van der Waals surface area (Å²) in [6, 6.07) is 4.31. The van der Waals surface area contributed by atoms with Gasteiger partial charge < -0.3 is 0 Å². The number of hydrogen-bond acceptors (Lipinski definition) is 2. The number of hydrogen-bond donors (Lipinski definition) is 1. The SMILES string of the molecule is O=c1[nH]c(=O)n(Cc2cccc(F)c2Br)cc1F. The molecule has 0 atom stereocenters. The van der Waals surface area contributed by atoms with Crippen LogP contribution in [-0.2, 0) is 6.54 Å². The van der Waals surface area contributed by atoms with Crippen LogP contribution in [0.3, 0.4) is 0 Å². The maximum Gasteiger partial charge on any atom is 0.328 e. The Morgan fingerprint density at radius 1 is 1.22 bits per heavy atom. The summed E-state index contributed by atoms with van der Waals surface area (Å²) in [6.45, 7) is -0.0507. The van der Waals surface area contributed by atoms with Gasteiger partial charge in [0.1, 0.15) is 5.82 Å². The number of nitrogens with one attached hydrogen (secondary N) is 1. The van der Waals surface area contributed by atoms with Gasteiger partial charge in [-0.15, -0.1) is 0 Å². The van der Waals surface area contributed by atoms with E-state index in [0.717, 1.165) is 10.8 Å². The molecule has 0 aliphatic heterocycles. The van der Waals surface area contributed by atoms with Crippen molar-refractivity contribution in [3.63, 3.8) is 0 Å². The molecule has 0 saturated heterocycles. The highest BCUT2D eigenvalue weighted by molar-refractivity contribution is 9.10. The molecule has 0 fully saturated rings. The van der Waals surface area contributed by atoms with Crippen molar-refractivity contribution in [1.82, 2.24) is 9.55 Å². The molecular formula is C11H7BrF2N2O2. The number of rotatable bonds is 2. The zero-order valence-corrected chi connectivity index (χ0v) is 10.5. The van der Waals surface area contributed by atoms with E-state index in [9.17, 15) is 18.4 Å². The molecule has 1 heterocycles. The van der Waals surface area contributed by atoms with Crippen LogP contribution in [0.5, 0.6) is 0 Å². The minimum absolute atomic E-state index is 0.0507. The summed E-state index contributed by atoms with van der Waals surface area (Å²) in [4.78, 5) is 24.1. The van der Waals surface area contributed by atoms with Gasteiger partial charge in [-0.2, -0.15) is 4.39 Å². The van der Waals surface area contributed by atoms with E-state index in [1.54, 1.807) is 6.07 Å². The topological polar surface area (TPSA) is 54.9 Å². The van der Waals surface area contributed by atoms with E-state index in [2.05, 4.69) is 15.9 Å². The van der Waals surface area contributed by atoms with Crippen LogP contribution >= 0.6 is 15.9 Å². The lowest BCUT2D eigenvalue weighted by atomic mass is 10.2. The molecule has 1 aromatic heterocycles. The minimum atomic E-state index is -1.07. The van der Waals surface area contributed by atoms with Crippen molar-refractivity contribution in [2.24, 2.45) is 0 Å². The fourth-order valence-electron chi connectivity index (χ4n) is 1.45. The fraction of sp³-hybridized carbons (Fsp3) is 0.0909. The van der Waals surface area contributed by atoms with Crippen LogP contribution in [0.1, 0.15) is 5.56 Å². The Morgan fingerprint density at radius 3 is 2.67 bits per heavy atom. The van der Waals surface area contributed by atoms with Crippen LogP contribution in [0.2, 0.25) is 0 Å². The maximum atomic E-state index is 13.3. The van der Waals surface area contributed by atoms with E-state index in [-0.39, 0.29) is 11.0 Å². The molecule has 94 valence electrons. The highest BCUT2D eigenvalue weighted by Crippen LogP contribution is 2.20. The second kappa shape index (κ2) is 4.85. The number of halogens is 3. The predicted octanol–water partition coefficient (Wildman–Crippen LogP) is 1.63. The van der Waals surface area contributed by atoms with Crippen molar-refractivity contribution >= 4 is 15.9 Å². The smallest absolute Gasteiger partial charge is 0.293 e. The summed E-state index contributed by atoms with van der Waals surface area (Å²) < 4.78 is 27.5. The molecule has 7 heteroatoms. The Hall–Kier alpha value is -1.76. The van der Waals surface area contributed by atoms with E-state index in [1.165, 1.54) is 12.1 Å². The molecule has 0 radical (unpaired) electrons. The molecule has 0 amide bonds. The highest BCUT2D eigenvalue weighted by atomic mass is 79.9. The largest absolute Gasteiger partial charge is 0.328 e. The molecule has 1 N–H and O–H groups in total. The molecular weight excluding hydrogens is 310 g/mol. The summed E-state index contributed by atoms with van der Waals surface area (Å²) in [5, 5.41) is 0. The molecule has 0 aliphatic rings. The van der Waals surface area contributed by atoms with Crippen molar-refractivity contribution in [1.29, 1.82) is 0 Å². The van der Waals surface area contributed by atoms with Gasteiger partial charge >= 0.3 is 5.69 Å². The van der Waals surface area contributed by atoms with Crippen LogP contribution in [0.25, 0.3) is 0 Å². The Kier molecular flexibility index (Phi) is 3.42. The van der Waals surface area contributed by atoms with E-state index >= 15 is 0 Å². The van der Waals surface area contributed by atoms with Crippen LogP contribution in [0.4, 0.5) is 8.78 Å². The molecule has 18 heavy (non-hydrogen) atoms. The maximum absolute atomic E-state index is 13.3. The molecule has 4 nitrogen and oxygen atoms in total.